The molecule has 0 bridgehead atoms. The van der Waals surface area contributed by atoms with Crippen LogP contribution in [0.15, 0.2) is 69.5 Å². The standard InChI is InChI=1S/C19H15BrFN3OS/c20-14-5-1-12(2-6-14)11-22-24-17(13-3-7-15(21)8-4-13)23-18-16(19(24)25)9-10-26-18/h1-10,16,18,22H,11H2. The van der Waals surface area contributed by atoms with E-state index in [0.717, 1.165) is 10.0 Å². The lowest BCUT2D eigenvalue weighted by atomic mass is 10.1. The second-order valence-electron chi connectivity index (χ2n) is 5.98. The number of thioether (sulfide) groups is 1. The van der Waals surface area contributed by atoms with Gasteiger partial charge in [0.2, 0.25) is 0 Å². The molecule has 2 atom stereocenters. The largest absolute Gasteiger partial charge is 0.272 e. The van der Waals surface area contributed by atoms with E-state index < -0.39 is 0 Å². The van der Waals surface area contributed by atoms with Crippen molar-refractivity contribution >= 4 is 39.4 Å². The summed E-state index contributed by atoms with van der Waals surface area (Å²) in [6.45, 7) is 0.480. The number of aliphatic imine (C=N–C) groups is 1. The molecule has 4 nitrogen and oxygen atoms in total. The van der Waals surface area contributed by atoms with Gasteiger partial charge in [-0.05, 0) is 47.4 Å². The Bertz CT molecular complexity index is 883. The summed E-state index contributed by atoms with van der Waals surface area (Å²) in [6, 6.07) is 13.9. The second-order valence-corrected chi connectivity index (χ2v) is 7.92. The van der Waals surface area contributed by atoms with Gasteiger partial charge < -0.3 is 0 Å². The Morgan fingerprint density at radius 1 is 1.15 bits per heavy atom. The quantitative estimate of drug-likeness (QED) is 0.792. The van der Waals surface area contributed by atoms with Crippen molar-refractivity contribution in [2.75, 3.05) is 0 Å². The number of amides is 1. The van der Waals surface area contributed by atoms with Crippen molar-refractivity contribution in [3.63, 3.8) is 0 Å². The number of halogens is 2. The van der Waals surface area contributed by atoms with E-state index in [4.69, 9.17) is 4.99 Å². The van der Waals surface area contributed by atoms with Crippen molar-refractivity contribution in [2.24, 2.45) is 10.9 Å². The van der Waals surface area contributed by atoms with Crippen LogP contribution < -0.4 is 5.43 Å². The summed E-state index contributed by atoms with van der Waals surface area (Å²) in [5.74, 6) is -0.130. The monoisotopic (exact) mass is 431 g/mol. The van der Waals surface area contributed by atoms with Gasteiger partial charge in [0, 0.05) is 16.6 Å². The predicted octanol–water partition coefficient (Wildman–Crippen LogP) is 4.08. The Morgan fingerprint density at radius 2 is 1.88 bits per heavy atom. The molecule has 26 heavy (non-hydrogen) atoms. The number of nitrogens with one attached hydrogen (secondary N) is 1. The third kappa shape index (κ3) is 3.47. The van der Waals surface area contributed by atoms with Crippen LogP contribution in [-0.4, -0.2) is 22.1 Å². The fourth-order valence-electron chi connectivity index (χ4n) is 2.86. The maximum Gasteiger partial charge on any atom is 0.252 e. The van der Waals surface area contributed by atoms with E-state index in [1.54, 1.807) is 12.1 Å². The Labute approximate surface area is 163 Å². The van der Waals surface area contributed by atoms with Gasteiger partial charge in [0.15, 0.2) is 5.84 Å². The van der Waals surface area contributed by atoms with E-state index in [9.17, 15) is 9.18 Å². The Morgan fingerprint density at radius 3 is 2.62 bits per heavy atom. The van der Waals surface area contributed by atoms with E-state index in [2.05, 4.69) is 21.4 Å². The van der Waals surface area contributed by atoms with Crippen molar-refractivity contribution in [1.29, 1.82) is 0 Å². The maximum absolute atomic E-state index is 13.3. The molecule has 7 heteroatoms. The molecule has 0 saturated carbocycles. The zero-order valence-corrected chi connectivity index (χ0v) is 16.0. The summed E-state index contributed by atoms with van der Waals surface area (Å²) in [7, 11) is 0. The third-order valence-corrected chi connectivity index (χ3v) is 5.76. The SMILES string of the molecule is O=C1C2C=CSC2N=C(c2ccc(F)cc2)N1NCc1ccc(Br)cc1. The molecule has 0 aromatic heterocycles. The second kappa shape index (κ2) is 7.34. The average Bonchev–Trinajstić information content (AvgIpc) is 3.12. The number of carbonyl (C=O) groups excluding carboxylic acids is 1. The van der Waals surface area contributed by atoms with Crippen LogP contribution in [0.4, 0.5) is 4.39 Å². The molecule has 0 aliphatic carbocycles. The average molecular weight is 432 g/mol. The van der Waals surface area contributed by atoms with Crippen LogP contribution in [0, 0.1) is 11.7 Å². The number of carbonyl (C=O) groups is 1. The highest BCUT2D eigenvalue weighted by molar-refractivity contribution is 9.10. The highest BCUT2D eigenvalue weighted by atomic mass is 79.9. The number of hydrazine groups is 1. The highest BCUT2D eigenvalue weighted by Gasteiger charge is 2.39. The van der Waals surface area contributed by atoms with Crippen molar-refractivity contribution in [1.82, 2.24) is 10.4 Å². The van der Waals surface area contributed by atoms with Gasteiger partial charge in [-0.1, -0.05) is 34.1 Å². The number of nitrogens with zero attached hydrogens (tertiary/aromatic N) is 2. The van der Waals surface area contributed by atoms with Crippen LogP contribution in [-0.2, 0) is 11.3 Å². The molecule has 0 spiro atoms. The molecular formula is C19H15BrFN3OS. The number of hydrogen-bond acceptors (Lipinski definition) is 4. The minimum atomic E-state index is -0.319. The molecule has 2 heterocycles. The van der Waals surface area contributed by atoms with Gasteiger partial charge >= 0.3 is 0 Å². The van der Waals surface area contributed by atoms with Crippen LogP contribution in [0.5, 0.6) is 0 Å². The van der Waals surface area contributed by atoms with Gasteiger partial charge in [-0.15, -0.1) is 11.8 Å². The number of fused-ring (bicyclic) bond motifs is 1. The molecule has 0 saturated heterocycles. The summed E-state index contributed by atoms with van der Waals surface area (Å²) in [6.07, 6.45) is 1.89. The molecule has 2 aromatic carbocycles. The Hall–Kier alpha value is -1.96. The molecule has 0 fully saturated rings. The van der Waals surface area contributed by atoms with Crippen LogP contribution in [0.3, 0.4) is 0 Å². The minimum absolute atomic E-state index is 0.0531. The predicted molar refractivity (Wildman–Crippen MR) is 105 cm³/mol. The summed E-state index contributed by atoms with van der Waals surface area (Å²) < 4.78 is 14.3. The summed E-state index contributed by atoms with van der Waals surface area (Å²) in [4.78, 5) is 17.7. The van der Waals surface area contributed by atoms with Gasteiger partial charge in [0.1, 0.15) is 11.2 Å². The highest BCUT2D eigenvalue weighted by Crippen LogP contribution is 2.35. The van der Waals surface area contributed by atoms with Gasteiger partial charge in [0.05, 0.1) is 5.92 Å². The maximum atomic E-state index is 13.3. The first-order valence-electron chi connectivity index (χ1n) is 8.09. The number of amidine groups is 1. The van der Waals surface area contributed by atoms with Crippen LogP contribution in [0.1, 0.15) is 11.1 Å². The van der Waals surface area contributed by atoms with Gasteiger partial charge in [-0.25, -0.2) is 14.8 Å². The molecule has 2 aromatic rings. The molecule has 1 N–H and O–H groups in total. The lowest BCUT2D eigenvalue weighted by Gasteiger charge is -2.33. The molecular weight excluding hydrogens is 417 g/mol. The summed E-state index contributed by atoms with van der Waals surface area (Å²) in [5.41, 5.74) is 4.93. The van der Waals surface area contributed by atoms with Crippen molar-refractivity contribution in [2.45, 2.75) is 11.9 Å². The molecule has 2 aliphatic heterocycles. The minimum Gasteiger partial charge on any atom is -0.272 e. The third-order valence-electron chi connectivity index (χ3n) is 4.23. The smallest absolute Gasteiger partial charge is 0.252 e. The fraction of sp³-hybridized carbons (Fsp3) is 0.158. The fourth-order valence-corrected chi connectivity index (χ4v) is 4.09. The lowest BCUT2D eigenvalue weighted by molar-refractivity contribution is -0.133. The van der Waals surface area contributed by atoms with Crippen molar-refractivity contribution in [3.05, 3.63) is 81.4 Å². The van der Waals surface area contributed by atoms with E-state index in [1.807, 2.05) is 35.7 Å². The Kier molecular flexibility index (Phi) is 4.93. The van der Waals surface area contributed by atoms with E-state index >= 15 is 0 Å². The first-order valence-corrected chi connectivity index (χ1v) is 9.83. The molecule has 132 valence electrons. The van der Waals surface area contributed by atoms with Gasteiger partial charge in [-0.3, -0.25) is 9.79 Å². The van der Waals surface area contributed by atoms with Crippen molar-refractivity contribution in [3.8, 4) is 0 Å². The van der Waals surface area contributed by atoms with Crippen LogP contribution in [0.2, 0.25) is 0 Å². The zero-order chi connectivity index (χ0) is 18.1. The molecule has 0 radical (unpaired) electrons. The van der Waals surface area contributed by atoms with E-state index in [1.165, 1.54) is 28.9 Å². The van der Waals surface area contributed by atoms with Gasteiger partial charge in [-0.2, -0.15) is 0 Å². The summed E-state index contributed by atoms with van der Waals surface area (Å²) in [5, 5.41) is 3.25. The number of rotatable bonds is 4. The molecule has 2 aliphatic rings. The lowest BCUT2D eigenvalue weighted by Crippen LogP contribution is -2.53. The first-order chi connectivity index (χ1) is 12.6. The number of benzene rings is 2. The number of hydrogen-bond donors (Lipinski definition) is 1. The Balaban J connectivity index is 1.63. The first kappa shape index (κ1) is 17.5. The summed E-state index contributed by atoms with van der Waals surface area (Å²) >= 11 is 4.94. The van der Waals surface area contributed by atoms with Gasteiger partial charge in [0.25, 0.3) is 5.91 Å². The van der Waals surface area contributed by atoms with Crippen LogP contribution in [0.25, 0.3) is 0 Å². The van der Waals surface area contributed by atoms with Crippen molar-refractivity contribution < 1.29 is 9.18 Å². The topological polar surface area (TPSA) is 44.7 Å². The van der Waals surface area contributed by atoms with E-state index in [0.29, 0.717) is 17.9 Å². The molecule has 4 rings (SSSR count). The normalized spacial score (nSPS) is 21.7. The van der Waals surface area contributed by atoms with Crippen LogP contribution >= 0.6 is 27.7 Å². The molecule has 2 unspecified atom stereocenters. The van der Waals surface area contributed by atoms with E-state index in [-0.39, 0.29) is 23.0 Å². The molecule has 1 amide bonds. The zero-order valence-electron chi connectivity index (χ0n) is 13.6.